The topological polar surface area (TPSA) is 125 Å². The van der Waals surface area contributed by atoms with Gasteiger partial charge in [-0.3, -0.25) is 13.8 Å². The number of hydrogen-bond donors (Lipinski definition) is 4. The maximum Gasteiger partial charge on any atom is 0.472 e. The van der Waals surface area contributed by atoms with E-state index in [9.17, 15) is 24.5 Å². The molecule has 292 valence electrons. The summed E-state index contributed by atoms with van der Waals surface area (Å²) >= 11 is 0. The third-order valence-electron chi connectivity index (χ3n) is 7.73. The number of carbonyl (C=O) groups is 1. The molecule has 0 aliphatic rings. The molecule has 0 spiro atoms. The lowest BCUT2D eigenvalue weighted by Gasteiger charge is -2.28. The zero-order valence-corrected chi connectivity index (χ0v) is 33.3. The predicted octanol–water partition coefficient (Wildman–Crippen LogP) is 8.82. The lowest BCUT2D eigenvalue weighted by molar-refractivity contribution is -0.870. The van der Waals surface area contributed by atoms with Crippen molar-refractivity contribution in [1.29, 1.82) is 0 Å². The summed E-state index contributed by atoms with van der Waals surface area (Å²) in [6.07, 6.45) is 39.7. The van der Waals surface area contributed by atoms with Crippen molar-refractivity contribution in [2.45, 2.75) is 128 Å². The maximum atomic E-state index is 12.8. The molecular formula is C41H72N2O7P+. The van der Waals surface area contributed by atoms with Crippen LogP contribution in [0.3, 0.4) is 0 Å². The van der Waals surface area contributed by atoms with E-state index in [1.165, 1.54) is 19.3 Å². The summed E-state index contributed by atoms with van der Waals surface area (Å²) in [6.45, 7) is 4.30. The van der Waals surface area contributed by atoms with Crippen LogP contribution in [-0.2, 0) is 18.4 Å². The standard InChI is InChI=1S/C41H71N2O7P/c1-6-8-10-12-14-16-18-20-21-22-24-26-28-30-32-34-40(45)42-38(37-50-51(47,48)49-36-35-43(3,4)5)41(46)39(44)33-31-29-27-25-23-19-17-15-13-11-9-7-2/h8,10,14-17,20-21,24-27,30,32,38-39,41,44,46H,6-7,9,11-13,18-19,22-23,28-29,31,33-37H2,1-5H3,(H-,42,45,47,48)/p+1/b10-8-,16-14-,17-15+,21-20-,26-24-,27-25+,32-30-. The number of hydrogen-bond acceptors (Lipinski definition) is 6. The minimum absolute atomic E-state index is 0.00762. The number of phosphoric ester groups is 1. The average Bonchev–Trinajstić information content (AvgIpc) is 3.07. The second-order valence-corrected chi connectivity index (χ2v) is 15.2. The van der Waals surface area contributed by atoms with Crippen LogP contribution in [0, 0.1) is 0 Å². The van der Waals surface area contributed by atoms with Gasteiger partial charge in [0.15, 0.2) is 0 Å². The van der Waals surface area contributed by atoms with Crippen LogP contribution in [0.15, 0.2) is 85.1 Å². The molecule has 10 heteroatoms. The molecule has 9 nitrogen and oxygen atoms in total. The van der Waals surface area contributed by atoms with Crippen molar-refractivity contribution in [1.82, 2.24) is 5.32 Å². The van der Waals surface area contributed by atoms with Gasteiger partial charge in [-0.2, -0.15) is 0 Å². The summed E-state index contributed by atoms with van der Waals surface area (Å²) in [7, 11) is 1.33. The summed E-state index contributed by atoms with van der Waals surface area (Å²) in [6, 6.07) is -1.11. The van der Waals surface area contributed by atoms with Crippen LogP contribution in [0.2, 0.25) is 0 Å². The van der Waals surface area contributed by atoms with Crippen molar-refractivity contribution in [3.05, 3.63) is 85.1 Å². The minimum Gasteiger partial charge on any atom is -0.390 e. The largest absolute Gasteiger partial charge is 0.472 e. The Labute approximate surface area is 310 Å². The molecule has 4 unspecified atom stereocenters. The Morgan fingerprint density at radius 2 is 1.22 bits per heavy atom. The van der Waals surface area contributed by atoms with Gasteiger partial charge >= 0.3 is 7.82 Å². The van der Waals surface area contributed by atoms with Crippen molar-refractivity contribution < 1.29 is 38.0 Å². The average molecular weight is 736 g/mol. The van der Waals surface area contributed by atoms with Crippen LogP contribution in [-0.4, -0.2) is 84.6 Å². The highest BCUT2D eigenvalue weighted by atomic mass is 31.2. The Bertz CT molecular complexity index is 1120. The summed E-state index contributed by atoms with van der Waals surface area (Å²) < 4.78 is 23.3. The van der Waals surface area contributed by atoms with Crippen molar-refractivity contribution in [3.8, 4) is 0 Å². The number of quaternary nitrogens is 1. The van der Waals surface area contributed by atoms with Crippen LogP contribution in [0.25, 0.3) is 0 Å². The van der Waals surface area contributed by atoms with Crippen LogP contribution >= 0.6 is 7.82 Å². The van der Waals surface area contributed by atoms with Crippen LogP contribution in [0.1, 0.15) is 110 Å². The Morgan fingerprint density at radius 1 is 0.706 bits per heavy atom. The lowest BCUT2D eigenvalue weighted by atomic mass is 10.0. The number of unbranched alkanes of at least 4 members (excludes halogenated alkanes) is 5. The van der Waals surface area contributed by atoms with E-state index in [-0.39, 0.29) is 13.0 Å². The minimum atomic E-state index is -4.45. The molecule has 1 amide bonds. The molecule has 4 atom stereocenters. The zero-order chi connectivity index (χ0) is 38.1. The fraction of sp³-hybridized carbons (Fsp3) is 0.634. The number of allylic oxidation sites excluding steroid dienone is 13. The predicted molar refractivity (Wildman–Crippen MR) is 213 cm³/mol. The van der Waals surface area contributed by atoms with E-state index in [0.717, 1.165) is 51.4 Å². The van der Waals surface area contributed by atoms with Gasteiger partial charge in [0, 0.05) is 6.42 Å². The molecule has 51 heavy (non-hydrogen) atoms. The van der Waals surface area contributed by atoms with Gasteiger partial charge in [0.2, 0.25) is 5.91 Å². The van der Waals surface area contributed by atoms with Gasteiger partial charge < -0.3 is 24.9 Å². The third-order valence-corrected chi connectivity index (χ3v) is 8.71. The first kappa shape index (κ1) is 48.6. The third kappa shape index (κ3) is 33.2. The van der Waals surface area contributed by atoms with Crippen molar-refractivity contribution in [3.63, 3.8) is 0 Å². The van der Waals surface area contributed by atoms with E-state index >= 15 is 0 Å². The molecule has 0 aromatic carbocycles. The molecule has 0 radical (unpaired) electrons. The zero-order valence-electron chi connectivity index (χ0n) is 32.4. The normalized spacial score (nSPS) is 16.2. The molecule has 0 aliphatic carbocycles. The van der Waals surface area contributed by atoms with Gasteiger partial charge in [0.1, 0.15) is 19.3 Å². The van der Waals surface area contributed by atoms with Crippen molar-refractivity contribution in [2.75, 3.05) is 40.9 Å². The van der Waals surface area contributed by atoms with Gasteiger partial charge in [-0.25, -0.2) is 4.57 Å². The fourth-order valence-corrected chi connectivity index (χ4v) is 5.37. The second-order valence-electron chi connectivity index (χ2n) is 13.7. The molecule has 0 saturated carbocycles. The maximum absolute atomic E-state index is 12.8. The molecule has 0 aromatic heterocycles. The number of amides is 1. The molecule has 4 N–H and O–H groups in total. The van der Waals surface area contributed by atoms with E-state index in [0.29, 0.717) is 30.3 Å². The van der Waals surface area contributed by atoms with Crippen LogP contribution in [0.4, 0.5) is 0 Å². The number of carbonyl (C=O) groups excluding carboxylic acids is 1. The van der Waals surface area contributed by atoms with Crippen molar-refractivity contribution in [2.24, 2.45) is 0 Å². The number of nitrogens with one attached hydrogen (secondary N) is 1. The molecule has 0 rings (SSSR count). The summed E-state index contributed by atoms with van der Waals surface area (Å²) in [4.78, 5) is 23.0. The molecule has 0 heterocycles. The molecule has 0 saturated heterocycles. The fourth-order valence-electron chi connectivity index (χ4n) is 4.63. The molecule has 0 bridgehead atoms. The molecule has 0 aromatic rings. The highest BCUT2D eigenvalue weighted by Gasteiger charge is 2.31. The quantitative estimate of drug-likeness (QED) is 0.0236. The summed E-state index contributed by atoms with van der Waals surface area (Å²) in [5.41, 5.74) is 0. The van der Waals surface area contributed by atoms with Crippen molar-refractivity contribution >= 4 is 13.7 Å². The first-order valence-corrected chi connectivity index (χ1v) is 20.5. The van der Waals surface area contributed by atoms with E-state index in [4.69, 9.17) is 9.05 Å². The number of aliphatic hydroxyl groups is 2. The van der Waals surface area contributed by atoms with Gasteiger partial charge in [-0.15, -0.1) is 0 Å². The van der Waals surface area contributed by atoms with Gasteiger partial charge in [0.05, 0.1) is 39.9 Å². The van der Waals surface area contributed by atoms with E-state index in [2.05, 4.69) is 86.0 Å². The highest BCUT2D eigenvalue weighted by molar-refractivity contribution is 7.47. The van der Waals surface area contributed by atoms with E-state index in [1.54, 1.807) is 6.08 Å². The number of likely N-dealkylation sites (N-methyl/N-ethyl adjacent to an activating group) is 1. The second kappa shape index (κ2) is 32.3. The Kier molecular flexibility index (Phi) is 30.8. The van der Waals surface area contributed by atoms with Crippen LogP contribution in [0.5, 0.6) is 0 Å². The molecular weight excluding hydrogens is 663 g/mol. The van der Waals surface area contributed by atoms with Gasteiger partial charge in [-0.1, -0.05) is 112 Å². The van der Waals surface area contributed by atoms with E-state index in [1.807, 2.05) is 33.3 Å². The van der Waals surface area contributed by atoms with Crippen LogP contribution < -0.4 is 5.32 Å². The molecule has 0 fully saturated rings. The Balaban J connectivity index is 4.88. The number of nitrogens with zero attached hydrogens (tertiary/aromatic N) is 1. The summed E-state index contributed by atoms with van der Waals surface area (Å²) in [5, 5.41) is 24.4. The van der Waals surface area contributed by atoms with E-state index < -0.39 is 38.6 Å². The Hall–Kier alpha value is -2.36. The monoisotopic (exact) mass is 736 g/mol. The first-order chi connectivity index (χ1) is 24.4. The SMILES string of the molecule is CC/C=C\C/C=C\C/C=C\C/C=C\C/C=C\CC(=O)NC(COP(=O)(O)OCC[N+](C)(C)C)C(O)C(O)CCC/C=C/CC/C=C/CCCCC. The number of aliphatic hydroxyl groups excluding tert-OH is 2. The van der Waals surface area contributed by atoms with Gasteiger partial charge in [-0.05, 0) is 77.0 Å². The molecule has 0 aliphatic heterocycles. The number of phosphoric acid groups is 1. The highest BCUT2D eigenvalue weighted by Crippen LogP contribution is 2.43. The lowest BCUT2D eigenvalue weighted by Crippen LogP contribution is -2.51. The smallest absolute Gasteiger partial charge is 0.390 e. The Morgan fingerprint density at radius 3 is 1.75 bits per heavy atom. The summed E-state index contributed by atoms with van der Waals surface area (Å²) in [5.74, 6) is -0.405. The first-order valence-electron chi connectivity index (χ1n) is 19.0. The van der Waals surface area contributed by atoms with Gasteiger partial charge in [0.25, 0.3) is 0 Å². The number of rotatable bonds is 32.